The molecule has 0 saturated carbocycles. The Morgan fingerprint density at radius 2 is 2.00 bits per heavy atom. The third-order valence-electron chi connectivity index (χ3n) is 1.16. The molecular weight excluding hydrogens is 159 g/mol. The Bertz CT molecular complexity index is 233. The van der Waals surface area contributed by atoms with E-state index in [1.807, 2.05) is 18.2 Å². The van der Waals surface area contributed by atoms with Crippen molar-refractivity contribution >= 4 is 14.3 Å². The van der Waals surface area contributed by atoms with Crippen molar-refractivity contribution in [3.63, 3.8) is 0 Å². The zero-order valence-corrected chi connectivity index (χ0v) is 7.20. The van der Waals surface area contributed by atoms with Gasteiger partial charge in [0.2, 0.25) is 0 Å². The zero-order chi connectivity index (χ0) is 8.10. The summed E-state index contributed by atoms with van der Waals surface area (Å²) in [6.45, 7) is 1.80. The standard InChI is InChI=1S/C8H9O2P/c1-11-8(9)10-7-5-3-2-4-6-7/h2-6,11H,1H3. The highest BCUT2D eigenvalue weighted by Crippen LogP contribution is 2.14. The molecule has 2 nitrogen and oxygen atoms in total. The first-order chi connectivity index (χ1) is 5.33. The molecule has 0 aliphatic carbocycles. The molecule has 1 aromatic rings. The van der Waals surface area contributed by atoms with Crippen LogP contribution in [0.3, 0.4) is 0 Å². The van der Waals surface area contributed by atoms with E-state index in [0.29, 0.717) is 5.75 Å². The molecule has 0 bridgehead atoms. The Labute approximate surface area is 67.4 Å². The summed E-state index contributed by atoms with van der Waals surface area (Å²) in [6.07, 6.45) is 0. The van der Waals surface area contributed by atoms with Crippen LogP contribution in [0.1, 0.15) is 0 Å². The number of benzene rings is 1. The van der Waals surface area contributed by atoms with Gasteiger partial charge in [-0.2, -0.15) is 0 Å². The van der Waals surface area contributed by atoms with Crippen molar-refractivity contribution in [3.8, 4) is 5.75 Å². The van der Waals surface area contributed by atoms with Gasteiger partial charge < -0.3 is 4.74 Å². The van der Waals surface area contributed by atoms with Crippen molar-refractivity contribution in [1.82, 2.24) is 0 Å². The van der Waals surface area contributed by atoms with Crippen molar-refractivity contribution < 1.29 is 9.53 Å². The zero-order valence-electron chi connectivity index (χ0n) is 6.20. The maximum Gasteiger partial charge on any atom is 0.328 e. The van der Waals surface area contributed by atoms with Crippen LogP contribution >= 0.6 is 8.58 Å². The second-order valence-electron chi connectivity index (χ2n) is 1.95. The van der Waals surface area contributed by atoms with Gasteiger partial charge in [-0.3, -0.25) is 0 Å². The van der Waals surface area contributed by atoms with E-state index in [9.17, 15) is 4.79 Å². The maximum absolute atomic E-state index is 10.8. The SMILES string of the molecule is CPC(=O)Oc1ccccc1. The average molecular weight is 168 g/mol. The van der Waals surface area contributed by atoms with Crippen LogP contribution in [0.15, 0.2) is 30.3 Å². The van der Waals surface area contributed by atoms with Crippen LogP contribution in [-0.2, 0) is 0 Å². The minimum Gasteiger partial charge on any atom is -0.424 e. The fourth-order valence-corrected chi connectivity index (χ4v) is 0.867. The Balaban J connectivity index is 2.58. The third kappa shape index (κ3) is 2.69. The predicted octanol–water partition coefficient (Wildman–Crippen LogP) is 2.49. The van der Waals surface area contributed by atoms with Crippen LogP contribution in [-0.4, -0.2) is 12.4 Å². The van der Waals surface area contributed by atoms with Crippen LogP contribution in [0.4, 0.5) is 4.79 Å². The monoisotopic (exact) mass is 168 g/mol. The molecule has 1 atom stereocenters. The average Bonchev–Trinajstić information content (AvgIpc) is 2.06. The molecule has 1 rings (SSSR count). The quantitative estimate of drug-likeness (QED) is 0.634. The highest BCUT2D eigenvalue weighted by atomic mass is 31.1. The Morgan fingerprint density at radius 1 is 1.36 bits per heavy atom. The normalized spacial score (nSPS) is 10.3. The summed E-state index contributed by atoms with van der Waals surface area (Å²) in [7, 11) is 0.196. The predicted molar refractivity (Wildman–Crippen MR) is 46.7 cm³/mol. The number of ether oxygens (including phenoxy) is 1. The molecule has 0 aliphatic heterocycles. The van der Waals surface area contributed by atoms with Crippen LogP contribution in [0, 0.1) is 0 Å². The molecule has 58 valence electrons. The summed E-state index contributed by atoms with van der Waals surface area (Å²) in [5.74, 6) is 0.617. The van der Waals surface area contributed by atoms with Crippen LogP contribution in [0.2, 0.25) is 0 Å². The van der Waals surface area contributed by atoms with Gasteiger partial charge in [-0.25, -0.2) is 4.79 Å². The van der Waals surface area contributed by atoms with Gasteiger partial charge in [0.05, 0.1) is 0 Å². The summed E-state index contributed by atoms with van der Waals surface area (Å²) >= 11 is 0. The molecule has 0 fully saturated rings. The number of hydrogen-bond acceptors (Lipinski definition) is 2. The van der Waals surface area contributed by atoms with E-state index in [1.165, 1.54) is 0 Å². The van der Waals surface area contributed by atoms with Gasteiger partial charge in [0.1, 0.15) is 5.75 Å². The second-order valence-corrected chi connectivity index (χ2v) is 2.86. The molecule has 0 radical (unpaired) electrons. The summed E-state index contributed by atoms with van der Waals surface area (Å²) in [5, 5.41) is 0. The smallest absolute Gasteiger partial charge is 0.328 e. The molecule has 0 amide bonds. The minimum absolute atomic E-state index is 0.170. The molecule has 0 saturated heterocycles. The van der Waals surface area contributed by atoms with E-state index >= 15 is 0 Å². The molecule has 0 spiro atoms. The molecule has 0 aromatic heterocycles. The summed E-state index contributed by atoms with van der Waals surface area (Å²) in [5.41, 5.74) is -0.170. The van der Waals surface area contributed by atoms with E-state index in [2.05, 4.69) is 0 Å². The van der Waals surface area contributed by atoms with Gasteiger partial charge in [-0.15, -0.1) is 0 Å². The lowest BCUT2D eigenvalue weighted by Gasteiger charge is -1.99. The maximum atomic E-state index is 10.8. The van der Waals surface area contributed by atoms with E-state index < -0.39 is 0 Å². The van der Waals surface area contributed by atoms with Crippen molar-refractivity contribution in [2.24, 2.45) is 0 Å². The third-order valence-corrected chi connectivity index (χ3v) is 1.67. The van der Waals surface area contributed by atoms with Gasteiger partial charge in [0.25, 0.3) is 0 Å². The van der Waals surface area contributed by atoms with Crippen molar-refractivity contribution in [1.29, 1.82) is 0 Å². The van der Waals surface area contributed by atoms with Crippen LogP contribution in [0.25, 0.3) is 0 Å². The first-order valence-electron chi connectivity index (χ1n) is 3.27. The van der Waals surface area contributed by atoms with Gasteiger partial charge in [0.15, 0.2) is 0 Å². The largest absolute Gasteiger partial charge is 0.424 e. The van der Waals surface area contributed by atoms with Gasteiger partial charge in [-0.05, 0) is 27.4 Å². The molecule has 0 heterocycles. The van der Waals surface area contributed by atoms with E-state index in [4.69, 9.17) is 4.74 Å². The fourth-order valence-electron chi connectivity index (χ4n) is 0.647. The van der Waals surface area contributed by atoms with Crippen molar-refractivity contribution in [3.05, 3.63) is 30.3 Å². The first-order valence-corrected chi connectivity index (χ1v) is 4.77. The van der Waals surface area contributed by atoms with E-state index in [0.717, 1.165) is 0 Å². The molecule has 0 N–H and O–H groups in total. The number of hydrogen-bond donors (Lipinski definition) is 0. The van der Waals surface area contributed by atoms with E-state index in [1.54, 1.807) is 18.8 Å². The highest BCUT2D eigenvalue weighted by Gasteiger charge is 1.98. The second kappa shape index (κ2) is 4.09. The minimum atomic E-state index is -0.170. The number of carbonyl (C=O) groups excluding carboxylic acids is 1. The first kappa shape index (κ1) is 8.22. The lowest BCUT2D eigenvalue weighted by molar-refractivity contribution is 0.226. The molecule has 3 heteroatoms. The topological polar surface area (TPSA) is 26.3 Å². The summed E-state index contributed by atoms with van der Waals surface area (Å²) < 4.78 is 4.94. The lowest BCUT2D eigenvalue weighted by atomic mass is 10.3. The molecule has 1 aromatic carbocycles. The Hall–Kier alpha value is -0.880. The Kier molecular flexibility index (Phi) is 3.06. The molecular formula is C8H9O2P. The molecule has 0 aliphatic rings. The molecule has 11 heavy (non-hydrogen) atoms. The van der Waals surface area contributed by atoms with Crippen LogP contribution < -0.4 is 4.74 Å². The number of para-hydroxylation sites is 1. The van der Waals surface area contributed by atoms with Crippen LogP contribution in [0.5, 0.6) is 5.75 Å². The van der Waals surface area contributed by atoms with Gasteiger partial charge in [0, 0.05) is 0 Å². The number of carbonyl (C=O) groups is 1. The van der Waals surface area contributed by atoms with Crippen molar-refractivity contribution in [2.45, 2.75) is 0 Å². The fraction of sp³-hybridized carbons (Fsp3) is 0.125. The summed E-state index contributed by atoms with van der Waals surface area (Å²) in [6, 6.07) is 9.07. The van der Waals surface area contributed by atoms with E-state index in [-0.39, 0.29) is 14.3 Å². The lowest BCUT2D eigenvalue weighted by Crippen LogP contribution is -1.96. The Morgan fingerprint density at radius 3 is 2.55 bits per heavy atom. The number of rotatable bonds is 2. The van der Waals surface area contributed by atoms with Gasteiger partial charge >= 0.3 is 5.71 Å². The van der Waals surface area contributed by atoms with Gasteiger partial charge in [-0.1, -0.05) is 18.2 Å². The summed E-state index contributed by atoms with van der Waals surface area (Å²) in [4.78, 5) is 10.8. The van der Waals surface area contributed by atoms with Crippen molar-refractivity contribution in [2.75, 3.05) is 6.66 Å². The highest BCUT2D eigenvalue weighted by molar-refractivity contribution is 7.56. The molecule has 1 unspecified atom stereocenters.